The summed E-state index contributed by atoms with van der Waals surface area (Å²) >= 11 is 1.11. The van der Waals surface area contributed by atoms with E-state index in [9.17, 15) is 18.0 Å². The fourth-order valence-electron chi connectivity index (χ4n) is 2.77. The molecule has 1 heterocycles. The smallest absolute Gasteiger partial charge is 0.234 e. The second-order valence-electron chi connectivity index (χ2n) is 6.35. The van der Waals surface area contributed by atoms with Crippen LogP contribution in [0.5, 0.6) is 0 Å². The number of carbonyl (C=O) groups excluding carboxylic acids is 1. The van der Waals surface area contributed by atoms with Gasteiger partial charge in [0.05, 0.1) is 17.0 Å². The molecular weight excluding hydrogens is 389 g/mol. The van der Waals surface area contributed by atoms with E-state index in [-0.39, 0.29) is 17.5 Å². The Morgan fingerprint density at radius 2 is 1.89 bits per heavy atom. The molecule has 1 aliphatic rings. The fraction of sp³-hybridized carbons (Fsp3) is 0.211. The number of rotatable bonds is 6. The van der Waals surface area contributed by atoms with Gasteiger partial charge >= 0.3 is 0 Å². The van der Waals surface area contributed by atoms with E-state index in [0.29, 0.717) is 16.5 Å². The van der Waals surface area contributed by atoms with Gasteiger partial charge in [-0.05, 0) is 37.1 Å². The maximum absolute atomic E-state index is 14.2. The van der Waals surface area contributed by atoms with Gasteiger partial charge in [-0.2, -0.15) is 0 Å². The van der Waals surface area contributed by atoms with Crippen LogP contribution in [0.2, 0.25) is 0 Å². The summed E-state index contributed by atoms with van der Waals surface area (Å²) in [6.45, 7) is 0. The van der Waals surface area contributed by atoms with Crippen LogP contribution < -0.4 is 5.32 Å². The predicted molar refractivity (Wildman–Crippen MR) is 99.4 cm³/mol. The van der Waals surface area contributed by atoms with Crippen molar-refractivity contribution in [3.63, 3.8) is 0 Å². The van der Waals surface area contributed by atoms with Gasteiger partial charge in [-0.15, -0.1) is 10.2 Å². The lowest BCUT2D eigenvalue weighted by molar-refractivity contribution is -0.113. The number of nitrogens with one attached hydrogen (secondary N) is 1. The summed E-state index contributed by atoms with van der Waals surface area (Å²) in [7, 11) is 0. The van der Waals surface area contributed by atoms with Gasteiger partial charge in [-0.1, -0.05) is 23.9 Å². The van der Waals surface area contributed by atoms with E-state index in [1.807, 2.05) is 4.57 Å². The van der Waals surface area contributed by atoms with Crippen LogP contribution in [0.1, 0.15) is 18.9 Å². The van der Waals surface area contributed by atoms with Crippen LogP contribution in [-0.2, 0) is 4.79 Å². The standard InChI is InChI=1S/C19H15F3N4OS/c20-11-5-8-15(22)16(9-11)23-17(27)10-28-19-25-24-18(26(19)12-6-7-12)13-3-1-2-4-14(13)21/h1-5,8-9,12H,6-7,10H2,(H,23,27). The van der Waals surface area contributed by atoms with Crippen molar-refractivity contribution < 1.29 is 18.0 Å². The van der Waals surface area contributed by atoms with E-state index < -0.39 is 23.4 Å². The minimum absolute atomic E-state index is 0.0714. The van der Waals surface area contributed by atoms with Crippen molar-refractivity contribution in [2.75, 3.05) is 11.1 Å². The summed E-state index contributed by atoms with van der Waals surface area (Å²) in [5.74, 6) is -1.92. The SMILES string of the molecule is O=C(CSc1nnc(-c2ccccc2F)n1C1CC1)Nc1cc(F)ccc1F. The zero-order valence-corrected chi connectivity index (χ0v) is 15.3. The highest BCUT2D eigenvalue weighted by Gasteiger charge is 2.31. The molecule has 2 aromatic carbocycles. The average Bonchev–Trinajstić information content (AvgIpc) is 3.43. The van der Waals surface area contributed by atoms with Gasteiger partial charge in [0.2, 0.25) is 5.91 Å². The van der Waals surface area contributed by atoms with E-state index in [1.165, 1.54) is 6.07 Å². The monoisotopic (exact) mass is 404 g/mol. The number of anilines is 1. The molecule has 4 rings (SSSR count). The molecule has 1 aliphatic carbocycles. The lowest BCUT2D eigenvalue weighted by atomic mass is 10.2. The van der Waals surface area contributed by atoms with Crippen LogP contribution in [-0.4, -0.2) is 26.4 Å². The Hall–Kier alpha value is -2.81. The van der Waals surface area contributed by atoms with Crippen LogP contribution in [0.25, 0.3) is 11.4 Å². The molecule has 1 saturated carbocycles. The third-order valence-electron chi connectivity index (χ3n) is 4.23. The fourth-order valence-corrected chi connectivity index (χ4v) is 3.58. The Labute approximate surface area is 163 Å². The second-order valence-corrected chi connectivity index (χ2v) is 7.29. The molecule has 5 nitrogen and oxygen atoms in total. The highest BCUT2D eigenvalue weighted by atomic mass is 32.2. The van der Waals surface area contributed by atoms with E-state index in [1.54, 1.807) is 18.2 Å². The summed E-state index contributed by atoms with van der Waals surface area (Å²) < 4.78 is 42.9. The molecule has 0 unspecified atom stereocenters. The summed E-state index contributed by atoms with van der Waals surface area (Å²) in [5, 5.41) is 11.0. The molecule has 0 spiro atoms. The van der Waals surface area contributed by atoms with Crippen molar-refractivity contribution in [1.29, 1.82) is 0 Å². The number of aromatic nitrogens is 3. The highest BCUT2D eigenvalue weighted by molar-refractivity contribution is 7.99. The number of hydrogen-bond acceptors (Lipinski definition) is 4. The summed E-state index contributed by atoms with van der Waals surface area (Å²) in [4.78, 5) is 12.1. The van der Waals surface area contributed by atoms with E-state index in [4.69, 9.17) is 0 Å². The highest BCUT2D eigenvalue weighted by Crippen LogP contribution is 2.41. The molecule has 0 aliphatic heterocycles. The zero-order valence-electron chi connectivity index (χ0n) is 14.5. The Kier molecular flexibility index (Phi) is 5.08. The minimum atomic E-state index is -0.720. The van der Waals surface area contributed by atoms with Crippen molar-refractivity contribution in [2.45, 2.75) is 24.0 Å². The van der Waals surface area contributed by atoms with E-state index in [0.717, 1.165) is 42.8 Å². The maximum Gasteiger partial charge on any atom is 0.234 e. The summed E-state index contributed by atoms with van der Waals surface area (Å²) in [6.07, 6.45) is 1.85. The third-order valence-corrected chi connectivity index (χ3v) is 5.17. The topological polar surface area (TPSA) is 59.8 Å². The maximum atomic E-state index is 14.2. The third kappa shape index (κ3) is 3.89. The molecule has 1 N–H and O–H groups in total. The molecule has 1 aromatic heterocycles. The van der Waals surface area contributed by atoms with E-state index >= 15 is 0 Å². The number of hydrogen-bond donors (Lipinski definition) is 1. The predicted octanol–water partition coefficient (Wildman–Crippen LogP) is 4.43. The molecule has 144 valence electrons. The van der Waals surface area contributed by atoms with Gasteiger partial charge in [0.15, 0.2) is 11.0 Å². The first-order valence-corrected chi connectivity index (χ1v) is 9.59. The molecule has 9 heteroatoms. The van der Waals surface area contributed by atoms with Gasteiger partial charge in [-0.25, -0.2) is 13.2 Å². The van der Waals surface area contributed by atoms with Gasteiger partial charge in [0.1, 0.15) is 17.5 Å². The van der Waals surface area contributed by atoms with Crippen molar-refractivity contribution in [1.82, 2.24) is 14.8 Å². The molecule has 0 saturated heterocycles. The molecule has 1 fully saturated rings. The van der Waals surface area contributed by atoms with Crippen molar-refractivity contribution in [2.24, 2.45) is 0 Å². The zero-order chi connectivity index (χ0) is 19.7. The molecule has 1 amide bonds. The number of thioether (sulfide) groups is 1. The first kappa shape index (κ1) is 18.5. The lowest BCUT2D eigenvalue weighted by Gasteiger charge is -2.10. The largest absolute Gasteiger partial charge is 0.323 e. The number of benzene rings is 2. The Morgan fingerprint density at radius 1 is 1.11 bits per heavy atom. The number of nitrogens with zero attached hydrogens (tertiary/aromatic N) is 3. The molecular formula is C19H15F3N4OS. The van der Waals surface area contributed by atoms with Crippen molar-refractivity contribution in [3.8, 4) is 11.4 Å². The Bertz CT molecular complexity index is 1040. The van der Waals surface area contributed by atoms with Gasteiger partial charge < -0.3 is 5.32 Å². The quantitative estimate of drug-likeness (QED) is 0.618. The normalized spacial score (nSPS) is 13.5. The first-order chi connectivity index (χ1) is 13.5. The molecule has 28 heavy (non-hydrogen) atoms. The number of carbonyl (C=O) groups is 1. The lowest BCUT2D eigenvalue weighted by Crippen LogP contribution is -2.15. The average molecular weight is 404 g/mol. The van der Waals surface area contributed by atoms with Crippen LogP contribution in [0, 0.1) is 17.5 Å². The number of halogens is 3. The molecule has 0 atom stereocenters. The van der Waals surface area contributed by atoms with E-state index in [2.05, 4.69) is 15.5 Å². The molecule has 0 bridgehead atoms. The Balaban J connectivity index is 1.50. The van der Waals surface area contributed by atoms with Gasteiger partial charge in [0.25, 0.3) is 0 Å². The van der Waals surface area contributed by atoms with Gasteiger partial charge in [-0.3, -0.25) is 9.36 Å². The number of amides is 1. The van der Waals surface area contributed by atoms with Crippen LogP contribution in [0.15, 0.2) is 47.6 Å². The van der Waals surface area contributed by atoms with Crippen LogP contribution in [0.4, 0.5) is 18.9 Å². The molecule has 0 radical (unpaired) electrons. The minimum Gasteiger partial charge on any atom is -0.323 e. The second kappa shape index (κ2) is 7.67. The van der Waals surface area contributed by atoms with Crippen molar-refractivity contribution >= 4 is 23.4 Å². The Morgan fingerprint density at radius 3 is 2.64 bits per heavy atom. The first-order valence-electron chi connectivity index (χ1n) is 8.60. The van der Waals surface area contributed by atoms with Crippen molar-refractivity contribution in [3.05, 3.63) is 59.9 Å². The molecule has 3 aromatic rings. The van der Waals surface area contributed by atoms with Crippen LogP contribution in [0.3, 0.4) is 0 Å². The van der Waals surface area contributed by atoms with Gasteiger partial charge in [0, 0.05) is 12.1 Å². The van der Waals surface area contributed by atoms with Crippen LogP contribution >= 0.6 is 11.8 Å². The summed E-state index contributed by atoms with van der Waals surface area (Å²) in [5.41, 5.74) is 0.126. The summed E-state index contributed by atoms with van der Waals surface area (Å²) in [6, 6.07) is 9.31.